The molecule has 0 heterocycles. The van der Waals surface area contributed by atoms with Crippen molar-refractivity contribution in [1.82, 2.24) is 5.32 Å². The first-order valence-electron chi connectivity index (χ1n) is 6.03. The van der Waals surface area contributed by atoms with Gasteiger partial charge in [0.2, 0.25) is 5.91 Å². The Morgan fingerprint density at radius 1 is 1.44 bits per heavy atom. The number of hydrogen-bond donors (Lipinski definition) is 2. The summed E-state index contributed by atoms with van der Waals surface area (Å²) >= 11 is 0. The number of rotatable bonds is 9. The molecule has 0 bridgehead atoms. The Morgan fingerprint density at radius 2 is 2.11 bits per heavy atom. The van der Waals surface area contributed by atoms with E-state index < -0.39 is 12.8 Å². The van der Waals surface area contributed by atoms with Crippen LogP contribution in [-0.4, -0.2) is 37.9 Å². The zero-order valence-corrected chi connectivity index (χ0v) is 10.6. The summed E-state index contributed by atoms with van der Waals surface area (Å²) in [7, 11) is 0. The summed E-state index contributed by atoms with van der Waals surface area (Å²) in [6.45, 7) is 0.794. The van der Waals surface area contributed by atoms with E-state index in [1.165, 1.54) is 0 Å². The molecule has 0 rings (SSSR count). The molecule has 108 valence electrons. The van der Waals surface area contributed by atoms with Gasteiger partial charge in [-0.15, -0.1) is 0 Å². The van der Waals surface area contributed by atoms with Crippen molar-refractivity contribution >= 4 is 5.91 Å². The van der Waals surface area contributed by atoms with Gasteiger partial charge in [0.05, 0.1) is 6.61 Å². The highest BCUT2D eigenvalue weighted by Crippen LogP contribution is 2.14. The number of amides is 1. The second-order valence-corrected chi connectivity index (χ2v) is 4.06. The lowest BCUT2D eigenvalue weighted by Crippen LogP contribution is -2.40. The Hall–Kier alpha value is -0.820. The highest BCUT2D eigenvalue weighted by Gasteiger charge is 2.27. The molecule has 3 N–H and O–H groups in total. The molecule has 0 aromatic heterocycles. The highest BCUT2D eigenvalue weighted by atomic mass is 19.4. The van der Waals surface area contributed by atoms with Gasteiger partial charge in [-0.1, -0.05) is 19.8 Å². The molecule has 0 radical (unpaired) electrons. The van der Waals surface area contributed by atoms with Gasteiger partial charge < -0.3 is 15.8 Å². The molecule has 0 saturated heterocycles. The summed E-state index contributed by atoms with van der Waals surface area (Å²) in [6, 6.07) is -0.111. The fourth-order valence-corrected chi connectivity index (χ4v) is 1.35. The molecule has 0 aliphatic heterocycles. The van der Waals surface area contributed by atoms with E-state index in [9.17, 15) is 18.0 Å². The molecule has 0 aliphatic rings. The number of hydrogen-bond acceptors (Lipinski definition) is 3. The van der Waals surface area contributed by atoms with Gasteiger partial charge in [-0.05, 0) is 6.42 Å². The van der Waals surface area contributed by atoms with Crippen LogP contribution in [0.4, 0.5) is 13.2 Å². The topological polar surface area (TPSA) is 64.3 Å². The SMILES string of the molecule is CCCCC(CN)NC(=O)CCOCC(F)(F)F. The van der Waals surface area contributed by atoms with Crippen LogP contribution in [-0.2, 0) is 9.53 Å². The molecule has 0 fully saturated rings. The summed E-state index contributed by atoms with van der Waals surface area (Å²) in [4.78, 5) is 11.4. The molecular formula is C11H21F3N2O2. The quantitative estimate of drug-likeness (QED) is 0.625. The van der Waals surface area contributed by atoms with Gasteiger partial charge in [0.1, 0.15) is 6.61 Å². The zero-order chi connectivity index (χ0) is 14.0. The molecule has 0 spiro atoms. The van der Waals surface area contributed by atoms with Crippen LogP contribution in [0.25, 0.3) is 0 Å². The van der Waals surface area contributed by atoms with Crippen molar-refractivity contribution in [3.8, 4) is 0 Å². The monoisotopic (exact) mass is 270 g/mol. The van der Waals surface area contributed by atoms with Crippen LogP contribution in [0.1, 0.15) is 32.6 Å². The minimum Gasteiger partial charge on any atom is -0.372 e. The predicted octanol–water partition coefficient (Wildman–Crippen LogP) is 1.59. The van der Waals surface area contributed by atoms with Crippen molar-refractivity contribution in [3.63, 3.8) is 0 Å². The average molecular weight is 270 g/mol. The Balaban J connectivity index is 3.68. The first-order chi connectivity index (χ1) is 8.39. The van der Waals surface area contributed by atoms with Crippen molar-refractivity contribution < 1.29 is 22.7 Å². The molecule has 0 aliphatic carbocycles. The van der Waals surface area contributed by atoms with Crippen molar-refractivity contribution in [2.24, 2.45) is 5.73 Å². The van der Waals surface area contributed by atoms with Gasteiger partial charge in [0, 0.05) is 19.0 Å². The van der Waals surface area contributed by atoms with E-state index in [2.05, 4.69) is 10.1 Å². The third kappa shape index (κ3) is 10.3. The smallest absolute Gasteiger partial charge is 0.372 e. The van der Waals surface area contributed by atoms with Gasteiger partial charge in [-0.3, -0.25) is 4.79 Å². The van der Waals surface area contributed by atoms with E-state index in [4.69, 9.17) is 5.73 Å². The van der Waals surface area contributed by atoms with Crippen LogP contribution in [0, 0.1) is 0 Å². The lowest BCUT2D eigenvalue weighted by Gasteiger charge is -2.16. The van der Waals surface area contributed by atoms with Crippen LogP contribution in [0.5, 0.6) is 0 Å². The molecule has 18 heavy (non-hydrogen) atoms. The van der Waals surface area contributed by atoms with Gasteiger partial charge in [-0.2, -0.15) is 13.2 Å². The molecule has 1 unspecified atom stereocenters. The number of alkyl halides is 3. The van der Waals surface area contributed by atoms with Gasteiger partial charge in [-0.25, -0.2) is 0 Å². The average Bonchev–Trinajstić information content (AvgIpc) is 2.29. The van der Waals surface area contributed by atoms with Crippen LogP contribution in [0.15, 0.2) is 0 Å². The Labute approximate surface area is 105 Å². The summed E-state index contributed by atoms with van der Waals surface area (Å²) in [5.74, 6) is -0.330. The third-order valence-corrected chi connectivity index (χ3v) is 2.29. The lowest BCUT2D eigenvalue weighted by molar-refractivity contribution is -0.174. The normalized spacial score (nSPS) is 13.4. The van der Waals surface area contributed by atoms with Crippen molar-refractivity contribution in [1.29, 1.82) is 0 Å². The van der Waals surface area contributed by atoms with Crippen molar-refractivity contribution in [2.75, 3.05) is 19.8 Å². The van der Waals surface area contributed by atoms with Crippen molar-refractivity contribution in [2.45, 2.75) is 44.8 Å². The summed E-state index contributed by atoms with van der Waals surface area (Å²) < 4.78 is 39.6. The Morgan fingerprint density at radius 3 is 2.61 bits per heavy atom. The minimum atomic E-state index is -4.35. The molecule has 0 aromatic carbocycles. The van der Waals surface area contributed by atoms with Gasteiger partial charge >= 0.3 is 6.18 Å². The maximum atomic E-state index is 11.7. The fourth-order valence-electron chi connectivity index (χ4n) is 1.35. The van der Waals surface area contributed by atoms with E-state index in [1.807, 2.05) is 6.92 Å². The second-order valence-electron chi connectivity index (χ2n) is 4.06. The number of nitrogens with two attached hydrogens (primary N) is 1. The summed E-state index contributed by atoms with van der Waals surface area (Å²) in [6.07, 6.45) is -1.70. The van der Waals surface area contributed by atoms with E-state index >= 15 is 0 Å². The number of ether oxygens (including phenoxy) is 1. The minimum absolute atomic E-state index is 0.0846. The van der Waals surface area contributed by atoms with E-state index in [0.717, 1.165) is 19.3 Å². The third-order valence-electron chi connectivity index (χ3n) is 2.29. The molecule has 4 nitrogen and oxygen atoms in total. The molecule has 7 heteroatoms. The van der Waals surface area contributed by atoms with Crippen LogP contribution in [0.3, 0.4) is 0 Å². The number of halogens is 3. The maximum absolute atomic E-state index is 11.7. The molecule has 0 saturated carbocycles. The number of unbranched alkanes of at least 4 members (excludes halogenated alkanes) is 1. The largest absolute Gasteiger partial charge is 0.411 e. The second kappa shape index (κ2) is 9.16. The Bertz CT molecular complexity index is 235. The first kappa shape index (κ1) is 17.2. The van der Waals surface area contributed by atoms with E-state index in [1.54, 1.807) is 0 Å². The van der Waals surface area contributed by atoms with Crippen LogP contribution < -0.4 is 11.1 Å². The first-order valence-corrected chi connectivity index (χ1v) is 6.03. The van der Waals surface area contributed by atoms with Crippen molar-refractivity contribution in [3.05, 3.63) is 0 Å². The van der Waals surface area contributed by atoms with Gasteiger partial charge in [0.15, 0.2) is 0 Å². The predicted molar refractivity (Wildman–Crippen MR) is 62.0 cm³/mol. The number of nitrogens with one attached hydrogen (secondary N) is 1. The lowest BCUT2D eigenvalue weighted by atomic mass is 10.1. The van der Waals surface area contributed by atoms with E-state index in [0.29, 0.717) is 6.54 Å². The zero-order valence-electron chi connectivity index (χ0n) is 10.6. The van der Waals surface area contributed by atoms with E-state index in [-0.39, 0.29) is 25.0 Å². The van der Waals surface area contributed by atoms with Gasteiger partial charge in [0.25, 0.3) is 0 Å². The fraction of sp³-hybridized carbons (Fsp3) is 0.909. The number of carbonyl (C=O) groups excluding carboxylic acids is 1. The molecular weight excluding hydrogens is 249 g/mol. The maximum Gasteiger partial charge on any atom is 0.411 e. The molecule has 1 atom stereocenters. The Kier molecular flexibility index (Phi) is 8.74. The molecule has 1 amide bonds. The number of carbonyl (C=O) groups is 1. The summed E-state index contributed by atoms with van der Waals surface area (Å²) in [5, 5.41) is 2.67. The van der Waals surface area contributed by atoms with Crippen LogP contribution in [0.2, 0.25) is 0 Å². The van der Waals surface area contributed by atoms with Crippen LogP contribution >= 0.6 is 0 Å². The standard InChI is InChI=1S/C11H21F3N2O2/c1-2-3-4-9(7-15)16-10(17)5-6-18-8-11(12,13)14/h9H,2-8,15H2,1H3,(H,16,17). The molecule has 0 aromatic rings. The highest BCUT2D eigenvalue weighted by molar-refractivity contribution is 5.76. The summed E-state index contributed by atoms with van der Waals surface area (Å²) in [5.41, 5.74) is 5.48.